The van der Waals surface area contributed by atoms with Gasteiger partial charge in [-0.05, 0) is 81.2 Å². The number of fused-ring (bicyclic) bond motifs is 11. The molecular formula is C51H31N5. The number of pyridine rings is 1. The SMILES string of the molecule is c1ccc(-c2nc(-n3c4ccccc4c4c5cccc(-c6cccc7c6ccc6c7c7ccccc7n6-c6ccccc6)c5ccc43)nc3ncccc23)cc1. The molecule has 0 aliphatic carbocycles. The van der Waals surface area contributed by atoms with Crippen molar-refractivity contribution in [1.29, 1.82) is 0 Å². The molecule has 5 heteroatoms. The van der Waals surface area contributed by atoms with Gasteiger partial charge in [-0.1, -0.05) is 133 Å². The van der Waals surface area contributed by atoms with Gasteiger partial charge in [-0.15, -0.1) is 0 Å². The molecule has 0 unspecified atom stereocenters. The highest BCUT2D eigenvalue weighted by atomic mass is 15.2. The van der Waals surface area contributed by atoms with Crippen LogP contribution in [-0.4, -0.2) is 24.1 Å². The van der Waals surface area contributed by atoms with Crippen molar-refractivity contribution in [1.82, 2.24) is 24.1 Å². The van der Waals surface area contributed by atoms with Gasteiger partial charge in [0.1, 0.15) is 0 Å². The minimum Gasteiger partial charge on any atom is -0.309 e. The van der Waals surface area contributed by atoms with Gasteiger partial charge in [-0.3, -0.25) is 4.57 Å². The smallest absolute Gasteiger partial charge is 0.237 e. The first kappa shape index (κ1) is 30.8. The quantitative estimate of drug-likeness (QED) is 0.182. The van der Waals surface area contributed by atoms with E-state index in [2.05, 4.69) is 167 Å². The predicted octanol–water partition coefficient (Wildman–Crippen LogP) is 12.9. The van der Waals surface area contributed by atoms with E-state index in [4.69, 9.17) is 15.0 Å². The molecule has 8 aromatic carbocycles. The van der Waals surface area contributed by atoms with Gasteiger partial charge in [0.05, 0.1) is 27.8 Å². The maximum atomic E-state index is 5.27. The van der Waals surface area contributed by atoms with E-state index in [1.807, 2.05) is 24.3 Å². The molecular weight excluding hydrogens is 683 g/mol. The highest BCUT2D eigenvalue weighted by Gasteiger charge is 2.21. The Balaban J connectivity index is 1.11. The van der Waals surface area contributed by atoms with Crippen LogP contribution in [0.4, 0.5) is 0 Å². The fourth-order valence-corrected chi connectivity index (χ4v) is 9.06. The molecule has 0 spiro atoms. The molecule has 12 aromatic rings. The Labute approximate surface area is 321 Å². The van der Waals surface area contributed by atoms with Crippen LogP contribution in [0.3, 0.4) is 0 Å². The number of nitrogens with zero attached hydrogens (tertiary/aromatic N) is 5. The minimum atomic E-state index is 0.601. The lowest BCUT2D eigenvalue weighted by atomic mass is 9.91. The fourth-order valence-electron chi connectivity index (χ4n) is 9.06. The van der Waals surface area contributed by atoms with E-state index in [1.165, 1.54) is 59.9 Å². The lowest BCUT2D eigenvalue weighted by Gasteiger charge is -2.13. The summed E-state index contributed by atoms with van der Waals surface area (Å²) in [6.07, 6.45) is 1.80. The Morgan fingerprint density at radius 3 is 1.54 bits per heavy atom. The zero-order valence-electron chi connectivity index (χ0n) is 30.1. The standard InChI is InChI=1S/C51H31N5/c1-3-14-32(15-4-1)49-42-24-13-31-52-50(42)54-51(53-49)56-44-26-10-8-19-41(44)48-39-23-12-21-35(37(39)28-30-46(48)56)34-20-11-22-38-36(34)27-29-45-47(38)40-18-7-9-25-43(40)55(45)33-16-5-2-6-17-33/h1-31H. The maximum absolute atomic E-state index is 5.27. The number of para-hydroxylation sites is 3. The zero-order chi connectivity index (χ0) is 36.7. The highest BCUT2D eigenvalue weighted by Crippen LogP contribution is 2.44. The van der Waals surface area contributed by atoms with Crippen molar-refractivity contribution in [2.75, 3.05) is 0 Å². The van der Waals surface area contributed by atoms with Gasteiger partial charge in [-0.2, -0.15) is 4.98 Å². The van der Waals surface area contributed by atoms with Crippen LogP contribution in [0.25, 0.3) is 110 Å². The summed E-state index contributed by atoms with van der Waals surface area (Å²) >= 11 is 0. The minimum absolute atomic E-state index is 0.601. The monoisotopic (exact) mass is 713 g/mol. The summed E-state index contributed by atoms with van der Waals surface area (Å²) < 4.78 is 4.59. The van der Waals surface area contributed by atoms with Gasteiger partial charge in [-0.25, -0.2) is 9.97 Å². The topological polar surface area (TPSA) is 48.5 Å². The zero-order valence-corrected chi connectivity index (χ0v) is 30.1. The summed E-state index contributed by atoms with van der Waals surface area (Å²) in [5.74, 6) is 0.601. The van der Waals surface area contributed by atoms with Crippen molar-refractivity contribution in [2.24, 2.45) is 0 Å². The van der Waals surface area contributed by atoms with Gasteiger partial charge >= 0.3 is 0 Å². The van der Waals surface area contributed by atoms with Crippen LogP contribution in [0.15, 0.2) is 188 Å². The van der Waals surface area contributed by atoms with Crippen LogP contribution in [-0.2, 0) is 0 Å². The van der Waals surface area contributed by atoms with Crippen LogP contribution in [0.5, 0.6) is 0 Å². The molecule has 0 aliphatic heterocycles. The molecule has 0 amide bonds. The summed E-state index contributed by atoms with van der Waals surface area (Å²) in [5, 5.41) is 10.7. The fraction of sp³-hybridized carbons (Fsp3) is 0. The molecule has 4 heterocycles. The molecule has 0 saturated heterocycles. The molecule has 0 bridgehead atoms. The van der Waals surface area contributed by atoms with Crippen molar-refractivity contribution in [3.8, 4) is 34.0 Å². The lowest BCUT2D eigenvalue weighted by Crippen LogP contribution is -2.04. The Morgan fingerprint density at radius 2 is 0.875 bits per heavy atom. The van der Waals surface area contributed by atoms with E-state index in [9.17, 15) is 0 Å². The van der Waals surface area contributed by atoms with Gasteiger partial charge in [0.25, 0.3) is 0 Å². The van der Waals surface area contributed by atoms with Crippen LogP contribution in [0.2, 0.25) is 0 Å². The number of benzene rings is 8. The molecule has 0 aliphatic rings. The second-order valence-electron chi connectivity index (χ2n) is 14.4. The Bertz CT molecular complexity index is 3530. The van der Waals surface area contributed by atoms with E-state index in [0.29, 0.717) is 11.6 Å². The van der Waals surface area contributed by atoms with Gasteiger partial charge < -0.3 is 4.57 Å². The van der Waals surface area contributed by atoms with E-state index >= 15 is 0 Å². The third-order valence-electron chi connectivity index (χ3n) is 11.4. The molecule has 0 fully saturated rings. The molecule has 12 rings (SSSR count). The normalized spacial score (nSPS) is 11.9. The number of rotatable bonds is 4. The van der Waals surface area contributed by atoms with E-state index in [1.54, 1.807) is 6.20 Å². The van der Waals surface area contributed by atoms with Crippen molar-refractivity contribution < 1.29 is 0 Å². The Hall–Kier alpha value is -7.63. The first-order valence-corrected chi connectivity index (χ1v) is 19.0. The van der Waals surface area contributed by atoms with Gasteiger partial charge in [0.2, 0.25) is 5.95 Å². The number of aromatic nitrogens is 5. The summed E-state index contributed by atoms with van der Waals surface area (Å²) in [4.78, 5) is 15.1. The molecule has 260 valence electrons. The highest BCUT2D eigenvalue weighted by molar-refractivity contribution is 6.26. The third kappa shape index (κ3) is 4.39. The molecule has 0 radical (unpaired) electrons. The van der Waals surface area contributed by atoms with E-state index < -0.39 is 0 Å². The van der Waals surface area contributed by atoms with Gasteiger partial charge in [0.15, 0.2) is 5.65 Å². The number of hydrogen-bond acceptors (Lipinski definition) is 3. The summed E-state index contributed by atoms with van der Waals surface area (Å²) in [6, 6.07) is 65.0. The molecule has 0 N–H and O–H groups in total. The second-order valence-corrected chi connectivity index (χ2v) is 14.4. The van der Waals surface area contributed by atoms with Crippen LogP contribution in [0, 0.1) is 0 Å². The lowest BCUT2D eigenvalue weighted by molar-refractivity contribution is 1.00. The first-order chi connectivity index (χ1) is 27.8. The number of hydrogen-bond donors (Lipinski definition) is 0. The van der Waals surface area contributed by atoms with Crippen LogP contribution in [0.1, 0.15) is 0 Å². The van der Waals surface area contributed by atoms with Crippen LogP contribution >= 0.6 is 0 Å². The molecule has 0 saturated carbocycles. The molecule has 4 aromatic heterocycles. The molecule has 56 heavy (non-hydrogen) atoms. The summed E-state index contributed by atoms with van der Waals surface area (Å²) in [5.41, 5.74) is 10.7. The maximum Gasteiger partial charge on any atom is 0.237 e. The van der Waals surface area contributed by atoms with Crippen molar-refractivity contribution in [2.45, 2.75) is 0 Å². The largest absolute Gasteiger partial charge is 0.309 e. The van der Waals surface area contributed by atoms with Crippen molar-refractivity contribution in [3.05, 3.63) is 188 Å². The first-order valence-electron chi connectivity index (χ1n) is 19.0. The van der Waals surface area contributed by atoms with Crippen molar-refractivity contribution >= 4 is 76.2 Å². The average Bonchev–Trinajstić information content (AvgIpc) is 3.80. The van der Waals surface area contributed by atoms with Crippen molar-refractivity contribution in [3.63, 3.8) is 0 Å². The summed E-state index contributed by atoms with van der Waals surface area (Å²) in [7, 11) is 0. The van der Waals surface area contributed by atoms with E-state index in [0.717, 1.165) is 38.8 Å². The summed E-state index contributed by atoms with van der Waals surface area (Å²) in [6.45, 7) is 0. The average molecular weight is 714 g/mol. The second kappa shape index (κ2) is 11.9. The molecule has 5 nitrogen and oxygen atoms in total. The Kier molecular flexibility index (Phi) is 6.56. The van der Waals surface area contributed by atoms with Crippen LogP contribution < -0.4 is 0 Å². The third-order valence-corrected chi connectivity index (χ3v) is 11.4. The molecule has 0 atom stereocenters. The predicted molar refractivity (Wildman–Crippen MR) is 232 cm³/mol. The Morgan fingerprint density at radius 1 is 0.339 bits per heavy atom. The van der Waals surface area contributed by atoms with Gasteiger partial charge in [0, 0.05) is 44.4 Å². The van der Waals surface area contributed by atoms with E-state index in [-0.39, 0.29) is 0 Å².